The predicted molar refractivity (Wildman–Crippen MR) is 123 cm³/mol. The number of aryl methyl sites for hydroxylation is 4. The van der Waals surface area contributed by atoms with Gasteiger partial charge >= 0.3 is 26.2 Å². The Kier molecular flexibility index (Phi) is 16.1. The van der Waals surface area contributed by atoms with Gasteiger partial charge in [-0.15, -0.1) is 11.4 Å². The predicted octanol–water partition coefficient (Wildman–Crippen LogP) is 8.01. The van der Waals surface area contributed by atoms with E-state index < -0.39 is 0 Å². The molecular weight excluding hydrogens is 432 g/mol. The summed E-state index contributed by atoms with van der Waals surface area (Å²) in [5.41, 5.74) is 20.4. The van der Waals surface area contributed by atoms with E-state index in [0.717, 1.165) is 22.3 Å². The Morgan fingerprint density at radius 3 is 0.724 bits per heavy atom. The number of hydrogen-bond acceptors (Lipinski definition) is 0. The van der Waals surface area contributed by atoms with Gasteiger partial charge in [-0.25, -0.2) is 0 Å². The standard InChI is InChI=1S/2C8H10N.2C5H5.Zr/c2*1-6-4-3-5-7(2)8(6)9;2*1-2-4-5-3-1;/h2*3-5,9H,1-2H3;2*1-5H;/q2*-1;;;+2. The fourth-order valence-electron chi connectivity index (χ4n) is 2.27. The average Bonchev–Trinajstić information content (AvgIpc) is 3.43. The minimum Gasteiger partial charge on any atom is -0.698 e. The van der Waals surface area contributed by atoms with Gasteiger partial charge in [0.15, 0.2) is 0 Å². The molecule has 2 aromatic rings. The molecule has 0 unspecified atom stereocenters. The van der Waals surface area contributed by atoms with Gasteiger partial charge in [-0.3, -0.25) is 0 Å². The van der Waals surface area contributed by atoms with Gasteiger partial charge in [0.25, 0.3) is 0 Å². The molecule has 0 bridgehead atoms. The number of hydrogen-bond donors (Lipinski definition) is 0. The van der Waals surface area contributed by atoms with Gasteiger partial charge in [0.05, 0.1) is 0 Å². The molecule has 10 radical (unpaired) electrons. The van der Waals surface area contributed by atoms with Gasteiger partial charge in [-0.05, 0) is 91.9 Å². The molecule has 4 rings (SSSR count). The largest absolute Gasteiger partial charge is 2.00 e. The molecule has 2 aliphatic carbocycles. The second kappa shape index (κ2) is 16.7. The molecule has 2 aromatic carbocycles. The molecule has 148 valence electrons. The zero-order valence-electron chi connectivity index (χ0n) is 17.7. The van der Waals surface area contributed by atoms with Crippen LogP contribution in [0.4, 0.5) is 11.4 Å². The Balaban J connectivity index is 0.000000369. The van der Waals surface area contributed by atoms with Crippen LogP contribution in [0.3, 0.4) is 0 Å². The number of rotatable bonds is 0. The number of nitrogens with one attached hydrogen (secondary N) is 2. The summed E-state index contributed by atoms with van der Waals surface area (Å²) < 4.78 is 0. The molecule has 2 aliphatic rings. The van der Waals surface area contributed by atoms with Crippen molar-refractivity contribution in [1.82, 2.24) is 0 Å². The Hall–Kier alpha value is -1.08. The van der Waals surface area contributed by atoms with E-state index in [1.54, 1.807) is 0 Å². The summed E-state index contributed by atoms with van der Waals surface area (Å²) >= 11 is 0. The third kappa shape index (κ3) is 12.3. The third-order valence-electron chi connectivity index (χ3n) is 4.07. The van der Waals surface area contributed by atoms with E-state index in [1.807, 2.05) is 128 Å². The average molecular weight is 462 g/mol. The summed E-state index contributed by atoms with van der Waals surface area (Å²) in [6, 6.07) is 11.8. The van der Waals surface area contributed by atoms with Crippen LogP contribution in [0.2, 0.25) is 0 Å². The summed E-state index contributed by atoms with van der Waals surface area (Å²) in [6.07, 6.45) is 20.0. The molecule has 0 amide bonds. The minimum absolute atomic E-state index is 0. The van der Waals surface area contributed by atoms with E-state index in [0.29, 0.717) is 11.4 Å². The van der Waals surface area contributed by atoms with Crippen LogP contribution in [0.5, 0.6) is 0 Å². The smallest absolute Gasteiger partial charge is 0.698 e. The molecule has 0 aromatic heterocycles. The topological polar surface area (TPSA) is 47.6 Å². The fourth-order valence-corrected chi connectivity index (χ4v) is 2.27. The summed E-state index contributed by atoms with van der Waals surface area (Å²) in [5.74, 6) is 0. The maximum Gasteiger partial charge on any atom is 2.00 e. The van der Waals surface area contributed by atoms with E-state index in [9.17, 15) is 0 Å². The number of benzene rings is 2. The summed E-state index contributed by atoms with van der Waals surface area (Å²) in [5, 5.41) is 0. The quantitative estimate of drug-likeness (QED) is 0.381. The van der Waals surface area contributed by atoms with Crippen molar-refractivity contribution in [2.45, 2.75) is 27.7 Å². The summed E-state index contributed by atoms with van der Waals surface area (Å²) in [6.45, 7) is 7.81. The Morgan fingerprint density at radius 1 is 0.414 bits per heavy atom. The van der Waals surface area contributed by atoms with Crippen LogP contribution in [0.1, 0.15) is 22.3 Å². The third-order valence-corrected chi connectivity index (χ3v) is 4.07. The molecule has 2 fully saturated rings. The molecule has 0 heterocycles. The first-order valence-electron chi connectivity index (χ1n) is 9.32. The van der Waals surface area contributed by atoms with Crippen molar-refractivity contribution in [3.05, 3.63) is 134 Å². The first-order valence-corrected chi connectivity index (χ1v) is 9.32. The van der Waals surface area contributed by atoms with Gasteiger partial charge in [-0.2, -0.15) is 0 Å². The van der Waals surface area contributed by atoms with Gasteiger partial charge in [0.2, 0.25) is 0 Å². The first kappa shape index (κ1) is 27.9. The maximum absolute atomic E-state index is 7.44. The van der Waals surface area contributed by atoms with Crippen LogP contribution < -0.4 is 0 Å². The first-order chi connectivity index (χ1) is 13.4. The fraction of sp³-hybridized carbons (Fsp3) is 0.154. The van der Waals surface area contributed by atoms with Crippen molar-refractivity contribution in [3.63, 3.8) is 0 Å². The van der Waals surface area contributed by atoms with Crippen molar-refractivity contribution in [1.29, 1.82) is 0 Å². The Labute approximate surface area is 199 Å². The summed E-state index contributed by atoms with van der Waals surface area (Å²) in [4.78, 5) is 0. The molecule has 3 heteroatoms. The Bertz CT molecular complexity index is 559. The van der Waals surface area contributed by atoms with Crippen molar-refractivity contribution < 1.29 is 26.2 Å². The van der Waals surface area contributed by atoms with Crippen molar-refractivity contribution >= 4 is 11.4 Å². The normalized spacial score (nSPS) is 14.2. The van der Waals surface area contributed by atoms with Crippen molar-refractivity contribution in [2.75, 3.05) is 0 Å². The van der Waals surface area contributed by atoms with Crippen LogP contribution >= 0.6 is 0 Å². The van der Waals surface area contributed by atoms with E-state index in [1.165, 1.54) is 0 Å². The van der Waals surface area contributed by atoms with Crippen LogP contribution in [0.25, 0.3) is 11.5 Å². The SMILES string of the molecule is Cc1cccc(C)c1[NH-].Cc1cccc(C)c1[NH-].[CH]1[CH][CH][CH][CH]1.[CH]1[CH][CH][CH][CH]1.[Zr+2]. The van der Waals surface area contributed by atoms with Crippen LogP contribution in [-0.2, 0) is 26.2 Å². The van der Waals surface area contributed by atoms with E-state index in [2.05, 4.69) is 0 Å². The van der Waals surface area contributed by atoms with Gasteiger partial charge < -0.3 is 11.5 Å². The zero-order chi connectivity index (χ0) is 20.8. The Morgan fingerprint density at radius 2 is 0.586 bits per heavy atom. The second-order valence-electron chi connectivity index (χ2n) is 6.46. The van der Waals surface area contributed by atoms with E-state index in [4.69, 9.17) is 11.5 Å². The van der Waals surface area contributed by atoms with Crippen molar-refractivity contribution in [2.24, 2.45) is 0 Å². The van der Waals surface area contributed by atoms with Crippen LogP contribution in [0.15, 0.2) is 36.4 Å². The molecule has 2 saturated carbocycles. The van der Waals surface area contributed by atoms with Gasteiger partial charge in [-0.1, -0.05) is 58.7 Å². The van der Waals surface area contributed by atoms with Crippen LogP contribution in [-0.4, -0.2) is 0 Å². The molecule has 0 saturated heterocycles. The van der Waals surface area contributed by atoms with Crippen LogP contribution in [0, 0.1) is 91.9 Å². The molecule has 0 spiro atoms. The van der Waals surface area contributed by atoms with E-state index >= 15 is 0 Å². The molecular formula is C26H30N2Zr. The van der Waals surface area contributed by atoms with Gasteiger partial charge in [0, 0.05) is 0 Å². The van der Waals surface area contributed by atoms with Crippen molar-refractivity contribution in [3.8, 4) is 0 Å². The van der Waals surface area contributed by atoms with E-state index in [-0.39, 0.29) is 26.2 Å². The molecule has 0 aliphatic heterocycles. The molecule has 2 N–H and O–H groups in total. The second-order valence-corrected chi connectivity index (χ2v) is 6.46. The monoisotopic (exact) mass is 460 g/mol. The van der Waals surface area contributed by atoms with Gasteiger partial charge in [0.1, 0.15) is 0 Å². The minimum atomic E-state index is 0. The molecule has 2 nitrogen and oxygen atoms in total. The molecule has 29 heavy (non-hydrogen) atoms. The molecule has 0 atom stereocenters. The zero-order valence-corrected chi connectivity index (χ0v) is 20.2. The summed E-state index contributed by atoms with van der Waals surface area (Å²) in [7, 11) is 0. The maximum atomic E-state index is 7.44.